The minimum absolute atomic E-state index is 0.124. The molecule has 5 heteroatoms. The van der Waals surface area contributed by atoms with Gasteiger partial charge in [0.05, 0.1) is 17.7 Å². The van der Waals surface area contributed by atoms with Gasteiger partial charge in [0.1, 0.15) is 11.5 Å². The number of para-hydroxylation sites is 2. The van der Waals surface area contributed by atoms with E-state index in [2.05, 4.69) is 9.97 Å². The minimum atomic E-state index is -0.124. The van der Waals surface area contributed by atoms with Gasteiger partial charge in [0.15, 0.2) is 0 Å². The molecule has 0 bridgehead atoms. The molecule has 4 aromatic rings. The summed E-state index contributed by atoms with van der Waals surface area (Å²) in [6.07, 6.45) is 1.87. The summed E-state index contributed by atoms with van der Waals surface area (Å²) in [5.41, 5.74) is 3.23. The number of hydrogen-bond acceptors (Lipinski definition) is 3. The molecule has 0 atom stereocenters. The number of benzene rings is 2. The van der Waals surface area contributed by atoms with Crippen molar-refractivity contribution in [3.63, 3.8) is 0 Å². The Morgan fingerprint density at radius 3 is 2.52 bits per heavy atom. The first-order chi connectivity index (χ1) is 13.2. The van der Waals surface area contributed by atoms with Crippen molar-refractivity contribution in [2.75, 3.05) is 7.11 Å². The molecule has 0 fully saturated rings. The average Bonchev–Trinajstić information content (AvgIpc) is 3.06. The van der Waals surface area contributed by atoms with Gasteiger partial charge in [-0.15, -0.1) is 0 Å². The summed E-state index contributed by atoms with van der Waals surface area (Å²) in [4.78, 5) is 18.7. The van der Waals surface area contributed by atoms with Crippen LogP contribution in [0.15, 0.2) is 65.6 Å². The molecule has 5 nitrogen and oxygen atoms in total. The van der Waals surface area contributed by atoms with Crippen molar-refractivity contribution in [1.29, 1.82) is 0 Å². The molecule has 4 rings (SSSR count). The highest BCUT2D eigenvalue weighted by molar-refractivity contribution is 5.99. The highest BCUT2D eigenvalue weighted by Crippen LogP contribution is 2.38. The Labute approximate surface area is 156 Å². The normalized spacial score (nSPS) is 11.0. The second kappa shape index (κ2) is 7.13. The lowest BCUT2D eigenvalue weighted by atomic mass is 9.98. The Morgan fingerprint density at radius 2 is 1.74 bits per heavy atom. The number of aromatic nitrogens is 2. The van der Waals surface area contributed by atoms with Crippen LogP contribution < -0.4 is 10.3 Å². The van der Waals surface area contributed by atoms with Gasteiger partial charge in [0, 0.05) is 35.5 Å². The molecule has 0 saturated carbocycles. The first-order valence-electron chi connectivity index (χ1n) is 8.73. The minimum Gasteiger partial charge on any atom is -0.457 e. The monoisotopic (exact) mass is 360 g/mol. The number of fused-ring (bicyclic) bond motifs is 1. The van der Waals surface area contributed by atoms with Gasteiger partial charge >= 0.3 is 0 Å². The molecule has 0 amide bonds. The fourth-order valence-corrected chi connectivity index (χ4v) is 3.38. The van der Waals surface area contributed by atoms with Crippen LogP contribution in [0, 0.1) is 6.92 Å². The summed E-state index contributed by atoms with van der Waals surface area (Å²) in [5.74, 6) is 1.47. The number of rotatable bonds is 5. The largest absolute Gasteiger partial charge is 0.457 e. The van der Waals surface area contributed by atoms with E-state index >= 15 is 0 Å². The second-order valence-electron chi connectivity index (χ2n) is 6.35. The molecule has 2 aromatic carbocycles. The van der Waals surface area contributed by atoms with Crippen molar-refractivity contribution < 1.29 is 9.47 Å². The van der Waals surface area contributed by atoms with E-state index in [1.807, 2.05) is 67.7 Å². The molecule has 2 N–H and O–H groups in total. The zero-order valence-corrected chi connectivity index (χ0v) is 15.2. The molecule has 2 aromatic heterocycles. The predicted octanol–water partition coefficient (Wildman–Crippen LogP) is 4.77. The van der Waals surface area contributed by atoms with Gasteiger partial charge in [0.25, 0.3) is 5.56 Å². The van der Waals surface area contributed by atoms with Crippen LogP contribution in [0.3, 0.4) is 0 Å². The SMILES string of the molecule is COCc1[nH]c(=O)c2c(C)[nH]cc2c1-c1ccccc1Oc1ccccc1. The molecule has 0 radical (unpaired) electrons. The maximum Gasteiger partial charge on any atom is 0.257 e. The Hall–Kier alpha value is -3.31. The number of H-pyrrole nitrogens is 2. The maximum atomic E-state index is 12.6. The molecule has 0 aliphatic carbocycles. The van der Waals surface area contributed by atoms with Gasteiger partial charge in [-0.3, -0.25) is 4.79 Å². The average molecular weight is 360 g/mol. The molecule has 136 valence electrons. The summed E-state index contributed by atoms with van der Waals surface area (Å²) >= 11 is 0. The van der Waals surface area contributed by atoms with Crippen LogP contribution in [0.2, 0.25) is 0 Å². The fourth-order valence-electron chi connectivity index (χ4n) is 3.38. The smallest absolute Gasteiger partial charge is 0.257 e. The number of aromatic amines is 2. The summed E-state index contributed by atoms with van der Waals surface area (Å²) in [6.45, 7) is 2.19. The van der Waals surface area contributed by atoms with Gasteiger partial charge in [-0.05, 0) is 25.1 Å². The standard InChI is InChI=1S/C22H20N2O3/c1-14-20-17(12-23-14)21(18(13-26-2)24-22(20)25)16-10-6-7-11-19(16)27-15-8-4-3-5-9-15/h3-12,23H,13H2,1-2H3,(H,24,25). The van der Waals surface area contributed by atoms with Crippen LogP contribution in [0.4, 0.5) is 0 Å². The Morgan fingerprint density at radius 1 is 1.00 bits per heavy atom. The summed E-state index contributed by atoms with van der Waals surface area (Å²) in [5, 5.41) is 1.51. The van der Waals surface area contributed by atoms with Crippen molar-refractivity contribution in [2.45, 2.75) is 13.5 Å². The molecular formula is C22H20N2O3. The van der Waals surface area contributed by atoms with E-state index in [-0.39, 0.29) is 5.56 Å². The van der Waals surface area contributed by atoms with Crippen LogP contribution >= 0.6 is 0 Å². The number of hydrogen-bond donors (Lipinski definition) is 2. The number of pyridine rings is 1. The maximum absolute atomic E-state index is 12.6. The predicted molar refractivity (Wildman–Crippen MR) is 106 cm³/mol. The second-order valence-corrected chi connectivity index (χ2v) is 6.35. The molecule has 27 heavy (non-hydrogen) atoms. The first kappa shape index (κ1) is 17.1. The third-order valence-electron chi connectivity index (χ3n) is 4.56. The van der Waals surface area contributed by atoms with Gasteiger partial charge < -0.3 is 19.4 Å². The molecule has 0 aliphatic heterocycles. The number of aryl methyl sites for hydroxylation is 1. The van der Waals surface area contributed by atoms with E-state index in [1.54, 1.807) is 7.11 Å². The van der Waals surface area contributed by atoms with E-state index in [0.29, 0.717) is 17.7 Å². The van der Waals surface area contributed by atoms with Gasteiger partial charge in [0.2, 0.25) is 0 Å². The first-order valence-corrected chi connectivity index (χ1v) is 8.73. The molecule has 0 aliphatic rings. The quantitative estimate of drug-likeness (QED) is 0.539. The third-order valence-corrected chi connectivity index (χ3v) is 4.56. The lowest BCUT2D eigenvalue weighted by Crippen LogP contribution is -2.12. The van der Waals surface area contributed by atoms with Crippen LogP contribution in [0.25, 0.3) is 21.9 Å². The molecule has 0 unspecified atom stereocenters. The van der Waals surface area contributed by atoms with Gasteiger partial charge in [-0.25, -0.2) is 0 Å². The van der Waals surface area contributed by atoms with Crippen molar-refractivity contribution in [2.24, 2.45) is 0 Å². The summed E-state index contributed by atoms with van der Waals surface area (Å²) < 4.78 is 11.5. The molecule has 0 spiro atoms. The molecule has 2 heterocycles. The number of ether oxygens (including phenoxy) is 2. The third kappa shape index (κ3) is 3.13. The molecular weight excluding hydrogens is 340 g/mol. The van der Waals surface area contributed by atoms with Crippen LogP contribution in [-0.2, 0) is 11.3 Å². The fraction of sp³-hybridized carbons (Fsp3) is 0.136. The lowest BCUT2D eigenvalue weighted by Gasteiger charge is -2.15. The topological polar surface area (TPSA) is 67.1 Å². The summed E-state index contributed by atoms with van der Waals surface area (Å²) in [7, 11) is 1.61. The van der Waals surface area contributed by atoms with E-state index in [1.165, 1.54) is 0 Å². The zero-order valence-electron chi connectivity index (χ0n) is 15.2. The van der Waals surface area contributed by atoms with Crippen LogP contribution in [-0.4, -0.2) is 17.1 Å². The lowest BCUT2D eigenvalue weighted by molar-refractivity contribution is 0.182. The number of nitrogens with one attached hydrogen (secondary N) is 2. The van der Waals surface area contributed by atoms with Gasteiger partial charge in [-0.2, -0.15) is 0 Å². The van der Waals surface area contributed by atoms with Crippen molar-refractivity contribution in [3.05, 3.63) is 82.5 Å². The van der Waals surface area contributed by atoms with E-state index in [0.717, 1.165) is 33.7 Å². The van der Waals surface area contributed by atoms with Crippen molar-refractivity contribution in [3.8, 4) is 22.6 Å². The Balaban J connectivity index is 1.96. The van der Waals surface area contributed by atoms with E-state index in [4.69, 9.17) is 9.47 Å². The van der Waals surface area contributed by atoms with Crippen molar-refractivity contribution >= 4 is 10.8 Å². The van der Waals surface area contributed by atoms with Crippen molar-refractivity contribution in [1.82, 2.24) is 9.97 Å². The summed E-state index contributed by atoms with van der Waals surface area (Å²) in [6, 6.07) is 17.4. The Kier molecular flexibility index (Phi) is 4.52. The van der Waals surface area contributed by atoms with Crippen LogP contribution in [0.1, 0.15) is 11.4 Å². The zero-order chi connectivity index (χ0) is 18.8. The van der Waals surface area contributed by atoms with E-state index in [9.17, 15) is 4.79 Å². The van der Waals surface area contributed by atoms with Crippen LogP contribution in [0.5, 0.6) is 11.5 Å². The van der Waals surface area contributed by atoms with Gasteiger partial charge in [-0.1, -0.05) is 36.4 Å². The molecule has 0 saturated heterocycles. The highest BCUT2D eigenvalue weighted by Gasteiger charge is 2.19. The Bertz CT molecular complexity index is 1140. The highest BCUT2D eigenvalue weighted by atomic mass is 16.5. The van der Waals surface area contributed by atoms with E-state index < -0.39 is 0 Å². The number of methoxy groups -OCH3 is 1.